The molecule has 1 N–H and O–H groups in total. The predicted molar refractivity (Wildman–Crippen MR) is 104 cm³/mol. The summed E-state index contributed by atoms with van der Waals surface area (Å²) >= 11 is 1.54. The van der Waals surface area contributed by atoms with Gasteiger partial charge in [0.2, 0.25) is 5.91 Å². The summed E-state index contributed by atoms with van der Waals surface area (Å²) in [4.78, 5) is 27.0. The Kier molecular flexibility index (Phi) is 6.74. The third-order valence-corrected chi connectivity index (χ3v) is 7.68. The zero-order valence-electron chi connectivity index (χ0n) is 15.6. The van der Waals surface area contributed by atoms with Gasteiger partial charge in [-0.1, -0.05) is 6.92 Å². The fraction of sp³-hybridized carbons (Fsp3) is 0.556. The molecule has 0 unspecified atom stereocenters. The molecule has 2 atom stereocenters. The predicted octanol–water partition coefficient (Wildman–Crippen LogP) is 2.30. The molecule has 1 heterocycles. The summed E-state index contributed by atoms with van der Waals surface area (Å²) in [6, 6.07) is 5.51. The minimum atomic E-state index is -3.37. The first-order valence-corrected chi connectivity index (χ1v) is 11.4. The molecular formula is C18H26N2O4S2. The van der Waals surface area contributed by atoms with Crippen molar-refractivity contribution in [2.75, 3.05) is 11.6 Å². The lowest BCUT2D eigenvalue weighted by molar-refractivity contribution is -0.125. The number of thioether (sulfide) groups is 1. The Morgan fingerprint density at radius 3 is 2.38 bits per heavy atom. The van der Waals surface area contributed by atoms with Crippen LogP contribution in [0, 0.1) is 0 Å². The molecule has 1 aliphatic rings. The number of sulfone groups is 1. The van der Waals surface area contributed by atoms with Gasteiger partial charge in [-0.15, -0.1) is 11.8 Å². The Hall–Kier alpha value is -1.54. The number of rotatable bonds is 6. The Balaban J connectivity index is 2.16. The minimum absolute atomic E-state index is 0.0607. The second-order valence-corrected chi connectivity index (χ2v) is 10.2. The van der Waals surface area contributed by atoms with Crippen LogP contribution in [-0.4, -0.2) is 54.1 Å². The van der Waals surface area contributed by atoms with Crippen molar-refractivity contribution >= 4 is 33.4 Å². The molecular weight excluding hydrogens is 372 g/mol. The smallest absolute Gasteiger partial charge is 0.255 e. The van der Waals surface area contributed by atoms with Gasteiger partial charge in [0, 0.05) is 17.4 Å². The molecule has 1 aliphatic heterocycles. The van der Waals surface area contributed by atoms with Gasteiger partial charge in [-0.25, -0.2) is 8.42 Å². The molecule has 1 aromatic carbocycles. The van der Waals surface area contributed by atoms with Crippen LogP contribution in [0.25, 0.3) is 0 Å². The van der Waals surface area contributed by atoms with Crippen molar-refractivity contribution in [3.63, 3.8) is 0 Å². The molecule has 2 amide bonds. The Morgan fingerprint density at radius 2 is 1.85 bits per heavy atom. The SMILES string of the molecule is CC[C@H](C)NC(=O)[C@H]1CSCN1C(=O)c1ccc(S(=O)(=O)C(C)C)cc1. The zero-order valence-corrected chi connectivity index (χ0v) is 17.2. The first-order chi connectivity index (χ1) is 12.2. The van der Waals surface area contributed by atoms with Gasteiger partial charge in [-0.2, -0.15) is 0 Å². The first-order valence-electron chi connectivity index (χ1n) is 8.71. The lowest BCUT2D eigenvalue weighted by atomic mass is 10.1. The Morgan fingerprint density at radius 1 is 1.23 bits per heavy atom. The molecule has 0 spiro atoms. The lowest BCUT2D eigenvalue weighted by Crippen LogP contribution is -2.49. The number of carbonyl (C=O) groups excluding carboxylic acids is 2. The zero-order chi connectivity index (χ0) is 19.5. The minimum Gasteiger partial charge on any atom is -0.352 e. The van der Waals surface area contributed by atoms with Crippen molar-refractivity contribution in [3.05, 3.63) is 29.8 Å². The molecule has 0 aromatic heterocycles. The van der Waals surface area contributed by atoms with Gasteiger partial charge >= 0.3 is 0 Å². The van der Waals surface area contributed by atoms with Gasteiger partial charge in [-0.05, 0) is 51.5 Å². The molecule has 144 valence electrons. The Labute approximate surface area is 159 Å². The monoisotopic (exact) mass is 398 g/mol. The summed E-state index contributed by atoms with van der Waals surface area (Å²) in [7, 11) is -3.37. The largest absolute Gasteiger partial charge is 0.352 e. The summed E-state index contributed by atoms with van der Waals surface area (Å²) in [5, 5.41) is 2.40. The number of hydrogen-bond acceptors (Lipinski definition) is 5. The molecule has 0 aliphatic carbocycles. The number of amides is 2. The molecule has 6 nitrogen and oxygen atoms in total. The van der Waals surface area contributed by atoms with Crippen molar-refractivity contribution < 1.29 is 18.0 Å². The van der Waals surface area contributed by atoms with E-state index in [1.54, 1.807) is 18.7 Å². The summed E-state index contributed by atoms with van der Waals surface area (Å²) in [6.07, 6.45) is 0.825. The van der Waals surface area contributed by atoms with Crippen molar-refractivity contribution in [1.82, 2.24) is 10.2 Å². The molecule has 0 saturated carbocycles. The van der Waals surface area contributed by atoms with Crippen LogP contribution in [0.3, 0.4) is 0 Å². The van der Waals surface area contributed by atoms with Crippen LogP contribution < -0.4 is 5.32 Å². The van der Waals surface area contributed by atoms with Crippen LogP contribution >= 0.6 is 11.8 Å². The highest BCUT2D eigenvalue weighted by Gasteiger charge is 2.35. The number of nitrogens with one attached hydrogen (secondary N) is 1. The second-order valence-electron chi connectivity index (χ2n) is 6.73. The van der Waals surface area contributed by atoms with Gasteiger partial charge in [0.25, 0.3) is 5.91 Å². The van der Waals surface area contributed by atoms with Crippen LogP contribution in [0.2, 0.25) is 0 Å². The third-order valence-electron chi connectivity index (χ3n) is 4.50. The van der Waals surface area contributed by atoms with Gasteiger partial charge < -0.3 is 10.2 Å². The number of nitrogens with zero attached hydrogens (tertiary/aromatic N) is 1. The van der Waals surface area contributed by atoms with E-state index < -0.39 is 21.1 Å². The van der Waals surface area contributed by atoms with E-state index in [-0.39, 0.29) is 22.8 Å². The van der Waals surface area contributed by atoms with E-state index in [0.29, 0.717) is 17.2 Å². The van der Waals surface area contributed by atoms with Crippen molar-refractivity contribution in [1.29, 1.82) is 0 Å². The van der Waals surface area contributed by atoms with Crippen molar-refractivity contribution in [2.24, 2.45) is 0 Å². The van der Waals surface area contributed by atoms with E-state index in [0.717, 1.165) is 6.42 Å². The van der Waals surface area contributed by atoms with E-state index in [2.05, 4.69) is 5.32 Å². The third kappa shape index (κ3) is 4.40. The maximum Gasteiger partial charge on any atom is 0.255 e. The topological polar surface area (TPSA) is 83.6 Å². The van der Waals surface area contributed by atoms with E-state index in [4.69, 9.17) is 0 Å². The fourth-order valence-corrected chi connectivity index (χ4v) is 4.74. The Bertz CT molecular complexity index is 760. The van der Waals surface area contributed by atoms with Crippen LogP contribution in [0.5, 0.6) is 0 Å². The van der Waals surface area contributed by atoms with E-state index >= 15 is 0 Å². The van der Waals surface area contributed by atoms with Gasteiger partial charge in [0.05, 0.1) is 16.0 Å². The van der Waals surface area contributed by atoms with Crippen LogP contribution in [-0.2, 0) is 14.6 Å². The van der Waals surface area contributed by atoms with Crippen molar-refractivity contribution in [2.45, 2.75) is 56.3 Å². The van der Waals surface area contributed by atoms with Crippen LogP contribution in [0.1, 0.15) is 44.5 Å². The molecule has 1 aromatic rings. The lowest BCUT2D eigenvalue weighted by Gasteiger charge is -2.24. The molecule has 1 saturated heterocycles. The maximum absolute atomic E-state index is 12.8. The maximum atomic E-state index is 12.8. The van der Waals surface area contributed by atoms with E-state index in [1.807, 2.05) is 13.8 Å². The molecule has 26 heavy (non-hydrogen) atoms. The summed E-state index contributed by atoms with van der Waals surface area (Å²) in [5.41, 5.74) is 0.386. The highest BCUT2D eigenvalue weighted by atomic mass is 32.2. The summed E-state index contributed by atoms with van der Waals surface area (Å²) in [6.45, 7) is 7.16. The molecule has 0 bridgehead atoms. The summed E-state index contributed by atoms with van der Waals surface area (Å²) < 4.78 is 24.4. The van der Waals surface area contributed by atoms with Gasteiger partial charge in [0.1, 0.15) is 6.04 Å². The highest BCUT2D eigenvalue weighted by Crippen LogP contribution is 2.24. The van der Waals surface area contributed by atoms with Crippen LogP contribution in [0.15, 0.2) is 29.2 Å². The second kappa shape index (κ2) is 8.43. The average molecular weight is 399 g/mol. The standard InChI is InChI=1S/C18H26N2O4S2/c1-5-13(4)19-17(21)16-10-25-11-20(16)18(22)14-6-8-15(9-7-14)26(23,24)12(2)3/h6-9,12-13,16H,5,10-11H2,1-4H3,(H,19,21)/t13-,16+/m0/s1. The van der Waals surface area contributed by atoms with Gasteiger partial charge in [0.15, 0.2) is 9.84 Å². The normalized spacial score (nSPS) is 18.8. The number of carbonyl (C=O) groups is 2. The molecule has 8 heteroatoms. The highest BCUT2D eigenvalue weighted by molar-refractivity contribution is 7.99. The molecule has 0 radical (unpaired) electrons. The number of benzene rings is 1. The van der Waals surface area contributed by atoms with E-state index in [1.165, 1.54) is 36.0 Å². The average Bonchev–Trinajstić information content (AvgIpc) is 3.10. The van der Waals surface area contributed by atoms with Crippen LogP contribution in [0.4, 0.5) is 0 Å². The van der Waals surface area contributed by atoms with Gasteiger partial charge in [-0.3, -0.25) is 9.59 Å². The first kappa shape index (κ1) is 20.8. The molecule has 1 fully saturated rings. The quantitative estimate of drug-likeness (QED) is 0.795. The summed E-state index contributed by atoms with van der Waals surface area (Å²) in [5.74, 6) is 0.613. The fourth-order valence-electron chi connectivity index (χ4n) is 2.53. The molecule has 2 rings (SSSR count). The van der Waals surface area contributed by atoms with E-state index in [9.17, 15) is 18.0 Å². The van der Waals surface area contributed by atoms with Crippen molar-refractivity contribution in [3.8, 4) is 0 Å². The number of hydrogen-bond donors (Lipinski definition) is 1.